The van der Waals surface area contributed by atoms with Crippen molar-refractivity contribution in [2.24, 2.45) is 17.8 Å². The number of alkyl halides is 1. The predicted octanol–water partition coefficient (Wildman–Crippen LogP) is 1.91. The van der Waals surface area contributed by atoms with Gasteiger partial charge in [-0.25, -0.2) is 0 Å². The summed E-state index contributed by atoms with van der Waals surface area (Å²) in [6, 6.07) is -1.51. The molecular formula is C31H49BrN4O6. The molecule has 42 heavy (non-hydrogen) atoms. The van der Waals surface area contributed by atoms with E-state index >= 15 is 0 Å². The molecule has 4 aliphatic rings. The summed E-state index contributed by atoms with van der Waals surface area (Å²) in [5.74, 6) is -1.96. The number of carbonyl (C=O) groups is 3. The van der Waals surface area contributed by atoms with Crippen molar-refractivity contribution >= 4 is 33.7 Å². The smallest absolute Gasteiger partial charge is 0.248 e. The molecule has 1 spiro atoms. The van der Waals surface area contributed by atoms with E-state index in [4.69, 9.17) is 9.47 Å². The molecule has 4 fully saturated rings. The second kappa shape index (κ2) is 14.3. The lowest BCUT2D eigenvalue weighted by molar-refractivity contribution is -0.152. The first-order valence-electron chi connectivity index (χ1n) is 15.5. The number of aliphatic hydroxyl groups excluding tert-OH is 1. The maximum Gasteiger partial charge on any atom is 0.248 e. The van der Waals surface area contributed by atoms with Crippen LogP contribution in [0.2, 0.25) is 0 Å². The molecule has 4 saturated heterocycles. The van der Waals surface area contributed by atoms with Gasteiger partial charge in [-0.1, -0.05) is 48.9 Å². The molecule has 10 nitrogen and oxygen atoms in total. The highest BCUT2D eigenvalue weighted by molar-refractivity contribution is 9.09. The van der Waals surface area contributed by atoms with Gasteiger partial charge in [-0.05, 0) is 25.2 Å². The van der Waals surface area contributed by atoms with Crippen molar-refractivity contribution in [2.45, 2.75) is 68.6 Å². The zero-order valence-corrected chi connectivity index (χ0v) is 27.0. The van der Waals surface area contributed by atoms with Crippen LogP contribution in [0.4, 0.5) is 0 Å². The highest BCUT2D eigenvalue weighted by Crippen LogP contribution is 2.61. The van der Waals surface area contributed by atoms with E-state index in [9.17, 15) is 19.5 Å². The Balaban J connectivity index is 1.73. The average Bonchev–Trinajstić information content (AvgIpc) is 3.56. The fourth-order valence-electron chi connectivity index (χ4n) is 7.48. The number of amides is 3. The van der Waals surface area contributed by atoms with E-state index in [1.54, 1.807) is 26.9 Å². The third-order valence-corrected chi connectivity index (χ3v) is 10.0. The average molecular weight is 654 g/mol. The van der Waals surface area contributed by atoms with Crippen molar-refractivity contribution in [3.8, 4) is 0 Å². The second-order valence-corrected chi connectivity index (χ2v) is 13.7. The third-order valence-electron chi connectivity index (χ3n) is 9.20. The largest absolute Gasteiger partial charge is 0.394 e. The van der Waals surface area contributed by atoms with Gasteiger partial charge in [-0.3, -0.25) is 19.3 Å². The first kappa shape index (κ1) is 33.1. The predicted molar refractivity (Wildman–Crippen MR) is 164 cm³/mol. The molecule has 4 aliphatic heterocycles. The molecule has 4 heterocycles. The van der Waals surface area contributed by atoms with Gasteiger partial charge in [0.2, 0.25) is 17.7 Å². The van der Waals surface area contributed by atoms with Gasteiger partial charge in [0.15, 0.2) is 0 Å². The SMILES string of the molecule is C=CCN(CCN1CCOCC1)C(=O)C1N([C@@H](CO)CC(C)C)C(=O)[C@@H]2[C@H](C(=O)N(CC=C)CCC)[C@H]3OC12CC3Br. The van der Waals surface area contributed by atoms with Gasteiger partial charge in [0.05, 0.1) is 43.8 Å². The van der Waals surface area contributed by atoms with Crippen LogP contribution in [0.1, 0.15) is 40.0 Å². The quantitative estimate of drug-likeness (QED) is 0.213. The first-order chi connectivity index (χ1) is 20.1. The Morgan fingerprint density at radius 2 is 1.79 bits per heavy atom. The number of halogens is 1. The molecule has 4 rings (SSSR count). The van der Waals surface area contributed by atoms with Crippen LogP contribution in [0.15, 0.2) is 25.3 Å². The molecule has 11 heteroatoms. The summed E-state index contributed by atoms with van der Waals surface area (Å²) in [6.07, 6.45) is 4.62. The Labute approximate surface area is 259 Å². The molecule has 236 valence electrons. The molecule has 0 radical (unpaired) electrons. The molecule has 3 unspecified atom stereocenters. The maximum absolute atomic E-state index is 14.7. The number of rotatable bonds is 15. The Morgan fingerprint density at radius 3 is 2.36 bits per heavy atom. The normalized spacial score (nSPS) is 31.3. The lowest BCUT2D eigenvalue weighted by Gasteiger charge is -2.40. The Kier molecular flexibility index (Phi) is 11.3. The zero-order valence-electron chi connectivity index (χ0n) is 25.5. The van der Waals surface area contributed by atoms with Crippen molar-refractivity contribution < 1.29 is 29.0 Å². The highest BCUT2D eigenvalue weighted by atomic mass is 79.9. The minimum atomic E-state index is -1.16. The summed E-state index contributed by atoms with van der Waals surface area (Å²) in [7, 11) is 0. The number of carbonyl (C=O) groups excluding carboxylic acids is 3. The minimum Gasteiger partial charge on any atom is -0.394 e. The fourth-order valence-corrected chi connectivity index (χ4v) is 8.42. The van der Waals surface area contributed by atoms with Crippen LogP contribution in [0, 0.1) is 17.8 Å². The number of fused-ring (bicyclic) bond motifs is 1. The summed E-state index contributed by atoms with van der Waals surface area (Å²) in [6.45, 7) is 18.8. The molecule has 0 aromatic heterocycles. The number of likely N-dealkylation sites (tertiary alicyclic amines) is 1. The summed E-state index contributed by atoms with van der Waals surface area (Å²) >= 11 is 3.77. The topological polar surface area (TPSA) is 103 Å². The van der Waals surface area contributed by atoms with Gasteiger partial charge in [0.25, 0.3) is 0 Å². The Morgan fingerprint density at radius 1 is 1.14 bits per heavy atom. The van der Waals surface area contributed by atoms with Crippen molar-refractivity contribution in [1.82, 2.24) is 19.6 Å². The number of aliphatic hydroxyl groups is 1. The molecule has 0 saturated carbocycles. The Hall–Kier alpha value is -1.79. The van der Waals surface area contributed by atoms with Crippen LogP contribution in [0.25, 0.3) is 0 Å². The van der Waals surface area contributed by atoms with Crippen LogP contribution in [0.3, 0.4) is 0 Å². The number of morpholine rings is 1. The summed E-state index contributed by atoms with van der Waals surface area (Å²) in [4.78, 5) is 50.5. The van der Waals surface area contributed by atoms with Gasteiger partial charge >= 0.3 is 0 Å². The maximum atomic E-state index is 14.7. The lowest BCUT2D eigenvalue weighted by Crippen LogP contribution is -2.60. The monoisotopic (exact) mass is 652 g/mol. The van der Waals surface area contributed by atoms with Crippen molar-refractivity contribution in [3.05, 3.63) is 25.3 Å². The van der Waals surface area contributed by atoms with Crippen molar-refractivity contribution in [2.75, 3.05) is 65.6 Å². The van der Waals surface area contributed by atoms with E-state index in [-0.39, 0.29) is 35.1 Å². The third kappa shape index (κ3) is 6.22. The van der Waals surface area contributed by atoms with Gasteiger partial charge < -0.3 is 29.3 Å². The standard InChI is InChI=1S/C31H49BrN4O6/c1-6-9-34(10-7-2)28(38)24-25-29(39)36(22(20-37)18-21(4)5)27(31(25)19-23(32)26(24)42-31)30(40)35(11-8-3)13-12-33-14-16-41-17-15-33/h6,8,21-27,37H,1,3,7,9-20H2,2,4-5H3/t22-,23?,24+,25+,26+,27?,31?/m1/s1. The van der Waals surface area contributed by atoms with E-state index < -0.39 is 35.6 Å². The molecule has 1 N–H and O–H groups in total. The number of hydrogen-bond acceptors (Lipinski definition) is 7. The first-order valence-corrected chi connectivity index (χ1v) is 16.4. The van der Waals surface area contributed by atoms with Crippen LogP contribution in [0.5, 0.6) is 0 Å². The van der Waals surface area contributed by atoms with Gasteiger partial charge in [-0.2, -0.15) is 0 Å². The van der Waals surface area contributed by atoms with Gasteiger partial charge in [-0.15, -0.1) is 13.2 Å². The molecule has 0 aromatic carbocycles. The molecular weight excluding hydrogens is 604 g/mol. The van der Waals surface area contributed by atoms with E-state index in [2.05, 4.69) is 34.0 Å². The van der Waals surface area contributed by atoms with Crippen molar-refractivity contribution in [1.29, 1.82) is 0 Å². The summed E-state index contributed by atoms with van der Waals surface area (Å²) in [5.41, 5.74) is -1.16. The van der Waals surface area contributed by atoms with Crippen LogP contribution in [-0.4, -0.2) is 137 Å². The van der Waals surface area contributed by atoms with Crippen LogP contribution < -0.4 is 0 Å². The minimum absolute atomic E-state index is 0.140. The summed E-state index contributed by atoms with van der Waals surface area (Å²) < 4.78 is 12.2. The number of nitrogens with zero attached hydrogens (tertiary/aromatic N) is 4. The lowest BCUT2D eigenvalue weighted by atomic mass is 9.70. The highest BCUT2D eigenvalue weighted by Gasteiger charge is 2.77. The van der Waals surface area contributed by atoms with E-state index in [1.165, 1.54) is 0 Å². The summed E-state index contributed by atoms with van der Waals surface area (Å²) in [5, 5.41) is 10.6. The Bertz CT molecular complexity index is 1010. The van der Waals surface area contributed by atoms with Crippen LogP contribution >= 0.6 is 15.9 Å². The molecule has 0 aromatic rings. The van der Waals surface area contributed by atoms with Crippen molar-refractivity contribution in [3.63, 3.8) is 0 Å². The molecule has 0 aliphatic carbocycles. The zero-order chi connectivity index (χ0) is 30.6. The second-order valence-electron chi connectivity index (χ2n) is 12.5. The molecule has 7 atom stereocenters. The fraction of sp³-hybridized carbons (Fsp3) is 0.774. The van der Waals surface area contributed by atoms with E-state index in [1.807, 2.05) is 20.8 Å². The number of hydrogen-bond donors (Lipinski definition) is 1. The van der Waals surface area contributed by atoms with E-state index in [0.29, 0.717) is 58.8 Å². The van der Waals surface area contributed by atoms with Gasteiger partial charge in [0.1, 0.15) is 11.6 Å². The number of ether oxygens (including phenoxy) is 2. The molecule has 3 amide bonds. The van der Waals surface area contributed by atoms with Gasteiger partial charge in [0, 0.05) is 50.6 Å². The van der Waals surface area contributed by atoms with E-state index in [0.717, 1.165) is 19.5 Å². The molecule has 2 bridgehead atoms. The van der Waals surface area contributed by atoms with Crippen LogP contribution in [-0.2, 0) is 23.9 Å².